The zero-order valence-corrected chi connectivity index (χ0v) is 15.2. The van der Waals surface area contributed by atoms with E-state index in [2.05, 4.69) is 20.8 Å². The first-order valence-corrected chi connectivity index (χ1v) is 9.74. The first kappa shape index (κ1) is 20.3. The SMILES string of the molecule is CCCCCCCCCC(Cl)CCCCCCC(C)C. The van der Waals surface area contributed by atoms with Gasteiger partial charge in [-0.15, -0.1) is 11.6 Å². The van der Waals surface area contributed by atoms with Crippen LogP contribution < -0.4 is 0 Å². The molecule has 20 heavy (non-hydrogen) atoms. The minimum Gasteiger partial charge on any atom is -0.123 e. The van der Waals surface area contributed by atoms with Crippen LogP contribution in [-0.2, 0) is 0 Å². The molecule has 0 saturated carbocycles. The zero-order valence-electron chi connectivity index (χ0n) is 14.4. The van der Waals surface area contributed by atoms with Gasteiger partial charge in [-0.1, -0.05) is 97.8 Å². The maximum atomic E-state index is 6.41. The monoisotopic (exact) mass is 302 g/mol. The van der Waals surface area contributed by atoms with E-state index < -0.39 is 0 Å². The van der Waals surface area contributed by atoms with Crippen LogP contribution in [0.25, 0.3) is 0 Å². The van der Waals surface area contributed by atoms with E-state index in [1.165, 1.54) is 89.9 Å². The molecule has 0 rings (SSSR count). The van der Waals surface area contributed by atoms with Crippen molar-refractivity contribution in [3.05, 3.63) is 0 Å². The second-order valence-corrected chi connectivity index (χ2v) is 7.51. The lowest BCUT2D eigenvalue weighted by molar-refractivity contribution is 0.504. The third-order valence-electron chi connectivity index (χ3n) is 4.17. The molecule has 1 heteroatoms. The van der Waals surface area contributed by atoms with Crippen molar-refractivity contribution in [3.63, 3.8) is 0 Å². The van der Waals surface area contributed by atoms with Gasteiger partial charge in [0, 0.05) is 5.38 Å². The van der Waals surface area contributed by atoms with Gasteiger partial charge < -0.3 is 0 Å². The van der Waals surface area contributed by atoms with Gasteiger partial charge in [-0.05, 0) is 18.8 Å². The van der Waals surface area contributed by atoms with Gasteiger partial charge in [-0.25, -0.2) is 0 Å². The smallest absolute Gasteiger partial charge is 0.0336 e. The maximum Gasteiger partial charge on any atom is 0.0336 e. The Morgan fingerprint density at radius 2 is 1.00 bits per heavy atom. The van der Waals surface area contributed by atoms with Crippen LogP contribution in [0.3, 0.4) is 0 Å². The van der Waals surface area contributed by atoms with Gasteiger partial charge in [-0.3, -0.25) is 0 Å². The normalized spacial score (nSPS) is 13.1. The number of unbranched alkanes of at least 4 members (excludes halogenated alkanes) is 9. The van der Waals surface area contributed by atoms with Crippen molar-refractivity contribution in [2.45, 2.75) is 116 Å². The Bertz CT molecular complexity index is 177. The highest BCUT2D eigenvalue weighted by molar-refractivity contribution is 6.20. The number of halogens is 1. The first-order chi connectivity index (χ1) is 9.66. The van der Waals surface area contributed by atoms with E-state index in [9.17, 15) is 0 Å². The summed E-state index contributed by atoms with van der Waals surface area (Å²) >= 11 is 6.41. The molecule has 0 aromatic carbocycles. The molecule has 122 valence electrons. The summed E-state index contributed by atoms with van der Waals surface area (Å²) in [4.78, 5) is 0. The number of hydrogen-bond donors (Lipinski definition) is 0. The molecule has 0 nitrogen and oxygen atoms in total. The van der Waals surface area contributed by atoms with Crippen LogP contribution in [0.5, 0.6) is 0 Å². The Hall–Kier alpha value is 0.290. The molecule has 1 unspecified atom stereocenters. The summed E-state index contributed by atoms with van der Waals surface area (Å²) in [6.07, 6.45) is 19.2. The molecule has 0 spiro atoms. The molecular formula is C19H39Cl. The van der Waals surface area contributed by atoms with E-state index in [-0.39, 0.29) is 0 Å². The van der Waals surface area contributed by atoms with E-state index in [0.29, 0.717) is 5.38 Å². The fourth-order valence-corrected chi connectivity index (χ4v) is 3.05. The van der Waals surface area contributed by atoms with Crippen LogP contribution in [0.4, 0.5) is 0 Å². The summed E-state index contributed by atoms with van der Waals surface area (Å²) in [5, 5.41) is 0.441. The van der Waals surface area contributed by atoms with E-state index in [0.717, 1.165) is 5.92 Å². The Morgan fingerprint density at radius 3 is 1.45 bits per heavy atom. The highest BCUT2D eigenvalue weighted by Crippen LogP contribution is 2.18. The molecule has 0 aliphatic carbocycles. The molecule has 0 aliphatic rings. The Labute approximate surface area is 134 Å². The minimum atomic E-state index is 0.441. The highest BCUT2D eigenvalue weighted by atomic mass is 35.5. The molecule has 0 amide bonds. The number of rotatable bonds is 15. The van der Waals surface area contributed by atoms with Gasteiger partial charge in [0.05, 0.1) is 0 Å². The number of alkyl halides is 1. The molecule has 0 aromatic rings. The summed E-state index contributed by atoms with van der Waals surface area (Å²) in [7, 11) is 0. The highest BCUT2D eigenvalue weighted by Gasteiger charge is 2.04. The van der Waals surface area contributed by atoms with Crippen LogP contribution in [0.2, 0.25) is 0 Å². The predicted octanol–water partition coefficient (Wildman–Crippen LogP) is 7.73. The first-order valence-electron chi connectivity index (χ1n) is 9.30. The summed E-state index contributed by atoms with van der Waals surface area (Å²) in [6, 6.07) is 0. The van der Waals surface area contributed by atoms with Crippen molar-refractivity contribution in [1.82, 2.24) is 0 Å². The predicted molar refractivity (Wildman–Crippen MR) is 94.8 cm³/mol. The second-order valence-electron chi connectivity index (χ2n) is 6.89. The summed E-state index contributed by atoms with van der Waals surface area (Å²) in [5.74, 6) is 0.869. The topological polar surface area (TPSA) is 0 Å². The molecular weight excluding hydrogens is 264 g/mol. The molecule has 0 saturated heterocycles. The second kappa shape index (κ2) is 15.7. The third-order valence-corrected chi connectivity index (χ3v) is 4.61. The van der Waals surface area contributed by atoms with E-state index in [1.807, 2.05) is 0 Å². The van der Waals surface area contributed by atoms with Crippen molar-refractivity contribution in [3.8, 4) is 0 Å². The van der Waals surface area contributed by atoms with Gasteiger partial charge >= 0.3 is 0 Å². The standard InChI is InChI=1S/C19H39Cl/c1-4-5-6-7-8-9-13-16-19(20)17-14-11-10-12-15-18(2)3/h18-19H,4-17H2,1-3H3. The van der Waals surface area contributed by atoms with Crippen molar-refractivity contribution >= 4 is 11.6 Å². The molecule has 0 fully saturated rings. The van der Waals surface area contributed by atoms with Crippen molar-refractivity contribution < 1.29 is 0 Å². The maximum absolute atomic E-state index is 6.41. The van der Waals surface area contributed by atoms with E-state index in [1.54, 1.807) is 0 Å². The lowest BCUT2D eigenvalue weighted by Gasteiger charge is -2.09. The number of hydrogen-bond acceptors (Lipinski definition) is 0. The molecule has 0 N–H and O–H groups in total. The van der Waals surface area contributed by atoms with Gasteiger partial charge in [0.25, 0.3) is 0 Å². The van der Waals surface area contributed by atoms with Gasteiger partial charge in [0.1, 0.15) is 0 Å². The average Bonchev–Trinajstić information content (AvgIpc) is 2.41. The van der Waals surface area contributed by atoms with E-state index >= 15 is 0 Å². The van der Waals surface area contributed by atoms with Gasteiger partial charge in [-0.2, -0.15) is 0 Å². The largest absolute Gasteiger partial charge is 0.123 e. The van der Waals surface area contributed by atoms with Crippen LogP contribution in [0.15, 0.2) is 0 Å². The lowest BCUT2D eigenvalue weighted by Crippen LogP contribution is -1.98. The molecule has 0 aromatic heterocycles. The third kappa shape index (κ3) is 16.3. The van der Waals surface area contributed by atoms with Gasteiger partial charge in [0.15, 0.2) is 0 Å². The molecule has 0 radical (unpaired) electrons. The summed E-state index contributed by atoms with van der Waals surface area (Å²) in [6.45, 7) is 6.91. The van der Waals surface area contributed by atoms with Crippen LogP contribution >= 0.6 is 11.6 Å². The van der Waals surface area contributed by atoms with Crippen LogP contribution in [0.1, 0.15) is 111 Å². The zero-order chi connectivity index (χ0) is 15.1. The van der Waals surface area contributed by atoms with Crippen LogP contribution in [0, 0.1) is 5.92 Å². The van der Waals surface area contributed by atoms with Crippen LogP contribution in [-0.4, -0.2) is 5.38 Å². The summed E-state index contributed by atoms with van der Waals surface area (Å²) < 4.78 is 0. The molecule has 0 heterocycles. The lowest BCUT2D eigenvalue weighted by atomic mass is 10.0. The molecule has 1 atom stereocenters. The molecule has 0 aliphatic heterocycles. The quantitative estimate of drug-likeness (QED) is 0.214. The Morgan fingerprint density at radius 1 is 0.600 bits per heavy atom. The van der Waals surface area contributed by atoms with Crippen molar-refractivity contribution in [1.29, 1.82) is 0 Å². The van der Waals surface area contributed by atoms with Crippen molar-refractivity contribution in [2.75, 3.05) is 0 Å². The minimum absolute atomic E-state index is 0.441. The molecule has 0 bridgehead atoms. The fourth-order valence-electron chi connectivity index (χ4n) is 2.74. The summed E-state index contributed by atoms with van der Waals surface area (Å²) in [5.41, 5.74) is 0. The van der Waals surface area contributed by atoms with E-state index in [4.69, 9.17) is 11.6 Å². The Kier molecular flexibility index (Phi) is 15.9. The van der Waals surface area contributed by atoms with Crippen molar-refractivity contribution in [2.24, 2.45) is 5.92 Å². The van der Waals surface area contributed by atoms with Gasteiger partial charge in [0.2, 0.25) is 0 Å². The fraction of sp³-hybridized carbons (Fsp3) is 1.00. The Balaban J connectivity index is 3.14. The average molecular weight is 303 g/mol.